The third-order valence-corrected chi connectivity index (χ3v) is 1.64. The van der Waals surface area contributed by atoms with Crippen LogP contribution in [0.15, 0.2) is 12.2 Å². The Labute approximate surface area is 45.2 Å². The zero-order chi connectivity index (χ0) is 5.28. The van der Waals surface area contributed by atoms with Crippen LogP contribution >= 0.6 is 0 Å². The first kappa shape index (κ1) is 4.89. The summed E-state index contributed by atoms with van der Waals surface area (Å²) >= 11 is 0. The number of hydrogen-bond donors (Lipinski definition) is 0. The summed E-state index contributed by atoms with van der Waals surface area (Å²) in [4.78, 5) is 0. The summed E-state index contributed by atoms with van der Waals surface area (Å²) in [6.45, 7) is 4.45. The molecule has 0 spiro atoms. The molecule has 0 amide bonds. The zero-order valence-corrected chi connectivity index (χ0v) is 4.94. The molecule has 1 atom stereocenters. The van der Waals surface area contributed by atoms with E-state index in [-0.39, 0.29) is 0 Å². The molecular formula is C7H11. The van der Waals surface area contributed by atoms with E-state index in [1.807, 2.05) is 0 Å². The molecule has 0 nitrogen and oxygen atoms in total. The van der Waals surface area contributed by atoms with E-state index < -0.39 is 0 Å². The molecule has 0 bridgehead atoms. The average Bonchev–Trinajstić information content (AvgIpc) is 1.91. The molecule has 0 heterocycles. The minimum atomic E-state index is 0.750. The second kappa shape index (κ2) is 1.69. The summed E-state index contributed by atoms with van der Waals surface area (Å²) in [6.07, 6.45) is 5.70. The Morgan fingerprint density at radius 1 is 1.71 bits per heavy atom. The van der Waals surface area contributed by atoms with Crippen LogP contribution in [-0.2, 0) is 0 Å². The van der Waals surface area contributed by atoms with Gasteiger partial charge in [-0.15, -0.1) is 0 Å². The molecule has 1 rings (SSSR count). The minimum Gasteiger partial charge on any atom is -0.0877 e. The van der Waals surface area contributed by atoms with E-state index in [0.29, 0.717) is 0 Å². The molecule has 0 aliphatic heterocycles. The highest BCUT2D eigenvalue weighted by molar-refractivity contribution is 5.12. The van der Waals surface area contributed by atoms with Crippen molar-refractivity contribution >= 4 is 0 Å². The maximum absolute atomic E-state index is 2.26. The molecule has 0 heteroatoms. The second-order valence-corrected chi connectivity index (χ2v) is 2.27. The van der Waals surface area contributed by atoms with Gasteiger partial charge in [-0.3, -0.25) is 0 Å². The number of rotatable bonds is 0. The van der Waals surface area contributed by atoms with Crippen molar-refractivity contribution in [2.24, 2.45) is 5.92 Å². The molecule has 1 unspecified atom stereocenters. The molecule has 1 aliphatic carbocycles. The Balaban J connectivity index is 2.45. The minimum absolute atomic E-state index is 0.750. The van der Waals surface area contributed by atoms with Crippen molar-refractivity contribution < 1.29 is 0 Å². The molecule has 0 aromatic carbocycles. The molecule has 0 saturated heterocycles. The molecule has 7 heavy (non-hydrogen) atoms. The van der Waals surface area contributed by atoms with Crippen LogP contribution in [0, 0.1) is 11.8 Å². The van der Waals surface area contributed by atoms with Crippen molar-refractivity contribution in [1.29, 1.82) is 0 Å². The van der Waals surface area contributed by atoms with Gasteiger partial charge in [-0.25, -0.2) is 0 Å². The Morgan fingerprint density at radius 3 is 2.57 bits per heavy atom. The van der Waals surface area contributed by atoms with Crippen molar-refractivity contribution in [1.82, 2.24) is 0 Å². The smallest absolute Gasteiger partial charge is 0.0169 e. The summed E-state index contributed by atoms with van der Waals surface area (Å²) in [7, 11) is 0. The quantitative estimate of drug-likeness (QED) is 0.404. The van der Waals surface area contributed by atoms with E-state index >= 15 is 0 Å². The Hall–Kier alpha value is -0.260. The Kier molecular flexibility index (Phi) is 1.18. The van der Waals surface area contributed by atoms with Gasteiger partial charge in [0.25, 0.3) is 0 Å². The van der Waals surface area contributed by atoms with Gasteiger partial charge in [-0.1, -0.05) is 26.0 Å². The highest BCUT2D eigenvalue weighted by atomic mass is 14.2. The van der Waals surface area contributed by atoms with Crippen LogP contribution in [-0.4, -0.2) is 0 Å². The zero-order valence-electron chi connectivity index (χ0n) is 4.94. The van der Waals surface area contributed by atoms with Crippen molar-refractivity contribution in [3.63, 3.8) is 0 Å². The van der Waals surface area contributed by atoms with Gasteiger partial charge in [0.15, 0.2) is 0 Å². The van der Waals surface area contributed by atoms with Gasteiger partial charge in [0.1, 0.15) is 0 Å². The molecule has 1 radical (unpaired) electrons. The highest BCUT2D eigenvalue weighted by Gasteiger charge is 2.11. The summed E-state index contributed by atoms with van der Waals surface area (Å²) in [5.41, 5.74) is 0. The standard InChI is InChI=1S/C7H11/c1-6-4-3-5-7(6)2/h3-4,6H,5H2,1-2H3. The first-order chi connectivity index (χ1) is 3.30. The van der Waals surface area contributed by atoms with Gasteiger partial charge in [0, 0.05) is 0 Å². The molecule has 0 aromatic rings. The first-order valence-corrected chi connectivity index (χ1v) is 2.79. The van der Waals surface area contributed by atoms with Crippen LogP contribution in [0.5, 0.6) is 0 Å². The van der Waals surface area contributed by atoms with Crippen LogP contribution < -0.4 is 0 Å². The third-order valence-electron chi connectivity index (χ3n) is 1.64. The van der Waals surface area contributed by atoms with Gasteiger partial charge in [-0.05, 0) is 18.3 Å². The molecule has 0 N–H and O–H groups in total. The first-order valence-electron chi connectivity index (χ1n) is 2.79. The third kappa shape index (κ3) is 0.846. The predicted octanol–water partition coefficient (Wildman–Crippen LogP) is 2.18. The Morgan fingerprint density at radius 2 is 2.43 bits per heavy atom. The number of hydrogen-bond acceptors (Lipinski definition) is 0. The van der Waals surface area contributed by atoms with E-state index in [2.05, 4.69) is 26.0 Å². The lowest BCUT2D eigenvalue weighted by Crippen LogP contribution is -1.93. The van der Waals surface area contributed by atoms with E-state index in [1.54, 1.807) is 5.92 Å². The summed E-state index contributed by atoms with van der Waals surface area (Å²) < 4.78 is 0. The molecule has 0 aromatic heterocycles. The maximum Gasteiger partial charge on any atom is -0.0169 e. The fraction of sp³-hybridized carbons (Fsp3) is 0.571. The van der Waals surface area contributed by atoms with Gasteiger partial charge < -0.3 is 0 Å². The maximum atomic E-state index is 2.26. The van der Waals surface area contributed by atoms with E-state index in [9.17, 15) is 0 Å². The van der Waals surface area contributed by atoms with Crippen LogP contribution in [0.25, 0.3) is 0 Å². The van der Waals surface area contributed by atoms with Gasteiger partial charge in [-0.2, -0.15) is 0 Å². The van der Waals surface area contributed by atoms with Gasteiger partial charge in [0.05, 0.1) is 0 Å². The normalized spacial score (nSPS) is 32.0. The average molecular weight is 95.2 g/mol. The van der Waals surface area contributed by atoms with E-state index in [0.717, 1.165) is 5.92 Å². The SMILES string of the molecule is C[C]1CC=CC1C. The summed E-state index contributed by atoms with van der Waals surface area (Å²) in [5.74, 6) is 2.35. The summed E-state index contributed by atoms with van der Waals surface area (Å²) in [5, 5.41) is 0. The lowest BCUT2D eigenvalue weighted by molar-refractivity contribution is 0.749. The van der Waals surface area contributed by atoms with Gasteiger partial charge >= 0.3 is 0 Å². The molecular weight excluding hydrogens is 84.1 g/mol. The molecule has 0 fully saturated rings. The topological polar surface area (TPSA) is 0 Å². The second-order valence-electron chi connectivity index (χ2n) is 2.27. The predicted molar refractivity (Wildman–Crippen MR) is 31.8 cm³/mol. The molecule has 0 saturated carbocycles. The van der Waals surface area contributed by atoms with Crippen molar-refractivity contribution in [3.05, 3.63) is 18.1 Å². The van der Waals surface area contributed by atoms with Crippen LogP contribution in [0.1, 0.15) is 20.3 Å². The van der Waals surface area contributed by atoms with Crippen molar-refractivity contribution in [2.75, 3.05) is 0 Å². The van der Waals surface area contributed by atoms with Crippen molar-refractivity contribution in [2.45, 2.75) is 20.3 Å². The van der Waals surface area contributed by atoms with Gasteiger partial charge in [0.2, 0.25) is 0 Å². The lowest BCUT2D eigenvalue weighted by atomic mass is 10.0. The molecule has 39 valence electrons. The monoisotopic (exact) mass is 95.1 g/mol. The van der Waals surface area contributed by atoms with E-state index in [1.165, 1.54) is 6.42 Å². The lowest BCUT2D eigenvalue weighted by Gasteiger charge is -2.04. The highest BCUT2D eigenvalue weighted by Crippen LogP contribution is 2.24. The fourth-order valence-corrected chi connectivity index (χ4v) is 0.808. The Bertz CT molecular complexity index is 82.0. The van der Waals surface area contributed by atoms with Crippen LogP contribution in [0.4, 0.5) is 0 Å². The largest absolute Gasteiger partial charge is 0.0877 e. The summed E-state index contributed by atoms with van der Waals surface area (Å²) in [6, 6.07) is 0. The van der Waals surface area contributed by atoms with Crippen LogP contribution in [0.3, 0.4) is 0 Å². The van der Waals surface area contributed by atoms with Crippen LogP contribution in [0.2, 0.25) is 0 Å². The molecule has 1 aliphatic rings. The number of allylic oxidation sites excluding steroid dienone is 2. The van der Waals surface area contributed by atoms with Crippen molar-refractivity contribution in [3.8, 4) is 0 Å². The van der Waals surface area contributed by atoms with E-state index in [4.69, 9.17) is 0 Å². The fourth-order valence-electron chi connectivity index (χ4n) is 0.808.